The van der Waals surface area contributed by atoms with Crippen LogP contribution in [-0.4, -0.2) is 43.2 Å². The zero-order valence-corrected chi connectivity index (χ0v) is 10.3. The van der Waals surface area contributed by atoms with Crippen LogP contribution in [0.3, 0.4) is 0 Å². The van der Waals surface area contributed by atoms with Crippen LogP contribution >= 0.6 is 11.3 Å². The van der Waals surface area contributed by atoms with Crippen LogP contribution in [-0.2, 0) is 9.53 Å². The normalized spacial score (nSPS) is 12.1. The van der Waals surface area contributed by atoms with Gasteiger partial charge in [0.25, 0.3) is 0 Å². The van der Waals surface area contributed by atoms with Crippen LogP contribution < -0.4 is 5.32 Å². The molecule has 6 heteroatoms. The molecule has 1 rings (SSSR count). The molecule has 0 aliphatic carbocycles. The van der Waals surface area contributed by atoms with Crippen molar-refractivity contribution < 1.29 is 19.4 Å². The summed E-state index contributed by atoms with van der Waals surface area (Å²) in [5.74, 6) is -0.607. The third-order valence-electron chi connectivity index (χ3n) is 2.18. The lowest BCUT2D eigenvalue weighted by atomic mass is 10.1. The minimum atomic E-state index is -0.645. The Kier molecular flexibility index (Phi) is 5.82. The van der Waals surface area contributed by atoms with Crippen LogP contribution in [0.2, 0.25) is 0 Å². The Balaban J connectivity index is 2.68. The van der Waals surface area contributed by atoms with Crippen molar-refractivity contribution >= 4 is 23.1 Å². The number of thiophene rings is 1. The largest absolute Gasteiger partial charge is 0.469 e. The summed E-state index contributed by atoms with van der Waals surface area (Å²) in [5, 5.41) is 13.4. The standard InChI is InChI=1S/C11H15NO4S/c1-16-10(14)7-8(12-4-5-13)11(15)9-3-2-6-17-9/h2-3,6,8,12-13H,4-5,7H2,1H3. The number of nitrogens with one attached hydrogen (secondary N) is 1. The molecule has 0 radical (unpaired) electrons. The summed E-state index contributed by atoms with van der Waals surface area (Å²) < 4.78 is 4.54. The molecule has 0 bridgehead atoms. The average Bonchev–Trinajstić information content (AvgIpc) is 2.86. The lowest BCUT2D eigenvalue weighted by molar-refractivity contribution is -0.141. The zero-order chi connectivity index (χ0) is 12.7. The molecule has 0 saturated heterocycles. The summed E-state index contributed by atoms with van der Waals surface area (Å²) in [6.45, 7) is 0.175. The van der Waals surface area contributed by atoms with Crippen molar-refractivity contribution in [2.75, 3.05) is 20.3 Å². The maximum Gasteiger partial charge on any atom is 0.307 e. The van der Waals surface area contributed by atoms with Gasteiger partial charge < -0.3 is 15.2 Å². The van der Waals surface area contributed by atoms with Gasteiger partial charge in [0.1, 0.15) is 0 Å². The molecule has 1 aromatic heterocycles. The van der Waals surface area contributed by atoms with E-state index in [1.807, 2.05) is 0 Å². The fourth-order valence-corrected chi connectivity index (χ4v) is 2.06. The Hall–Kier alpha value is -1.24. The highest BCUT2D eigenvalue weighted by Gasteiger charge is 2.23. The topological polar surface area (TPSA) is 75.6 Å². The van der Waals surface area contributed by atoms with Gasteiger partial charge in [0.15, 0.2) is 5.78 Å². The van der Waals surface area contributed by atoms with Gasteiger partial charge in [-0.2, -0.15) is 0 Å². The van der Waals surface area contributed by atoms with Crippen LogP contribution in [0.4, 0.5) is 0 Å². The van der Waals surface area contributed by atoms with Gasteiger partial charge in [-0.25, -0.2) is 0 Å². The number of ketones is 1. The van der Waals surface area contributed by atoms with Crippen molar-refractivity contribution in [2.24, 2.45) is 0 Å². The number of hydrogen-bond acceptors (Lipinski definition) is 6. The molecular weight excluding hydrogens is 242 g/mol. The summed E-state index contributed by atoms with van der Waals surface area (Å²) in [6, 6.07) is 2.84. The van der Waals surface area contributed by atoms with Crippen molar-refractivity contribution in [1.82, 2.24) is 5.32 Å². The van der Waals surface area contributed by atoms with Gasteiger partial charge in [0.2, 0.25) is 0 Å². The number of Topliss-reactive ketones (excluding diaryl/α,β-unsaturated/α-hetero) is 1. The quantitative estimate of drug-likeness (QED) is 0.548. The summed E-state index contributed by atoms with van der Waals surface area (Å²) in [6.07, 6.45) is -0.0345. The molecule has 0 saturated carbocycles. The van der Waals surface area contributed by atoms with E-state index in [-0.39, 0.29) is 25.4 Å². The van der Waals surface area contributed by atoms with E-state index in [1.54, 1.807) is 17.5 Å². The third kappa shape index (κ3) is 4.26. The Morgan fingerprint density at radius 1 is 1.59 bits per heavy atom. The molecule has 17 heavy (non-hydrogen) atoms. The second-order valence-electron chi connectivity index (χ2n) is 3.35. The van der Waals surface area contributed by atoms with Crippen LogP contribution in [0, 0.1) is 0 Å². The number of aliphatic hydroxyl groups is 1. The SMILES string of the molecule is COC(=O)CC(NCCO)C(=O)c1cccs1. The number of hydrogen-bond donors (Lipinski definition) is 2. The van der Waals surface area contributed by atoms with Crippen molar-refractivity contribution in [2.45, 2.75) is 12.5 Å². The van der Waals surface area contributed by atoms with E-state index >= 15 is 0 Å². The molecular formula is C11H15NO4S. The van der Waals surface area contributed by atoms with E-state index in [1.165, 1.54) is 18.4 Å². The van der Waals surface area contributed by atoms with Gasteiger partial charge in [-0.05, 0) is 11.4 Å². The number of ether oxygens (including phenoxy) is 1. The van der Waals surface area contributed by atoms with Gasteiger partial charge >= 0.3 is 5.97 Å². The molecule has 0 fully saturated rings. The average molecular weight is 257 g/mol. The number of rotatable bonds is 7. The summed E-state index contributed by atoms with van der Waals surface area (Å²) in [4.78, 5) is 23.8. The predicted octanol–water partition coefficient (Wildman–Crippen LogP) is 0.444. The van der Waals surface area contributed by atoms with Crippen molar-refractivity contribution in [1.29, 1.82) is 0 Å². The highest BCUT2D eigenvalue weighted by molar-refractivity contribution is 7.12. The molecule has 0 amide bonds. The predicted molar refractivity (Wildman–Crippen MR) is 64.2 cm³/mol. The molecule has 5 nitrogen and oxygen atoms in total. The first-order chi connectivity index (χ1) is 8.19. The lowest BCUT2D eigenvalue weighted by Gasteiger charge is -2.14. The molecule has 0 aliphatic rings. The molecule has 1 unspecified atom stereocenters. The van der Waals surface area contributed by atoms with E-state index in [2.05, 4.69) is 10.1 Å². The summed E-state index contributed by atoms with van der Waals surface area (Å²) in [7, 11) is 1.28. The van der Waals surface area contributed by atoms with E-state index in [0.717, 1.165) is 0 Å². The highest BCUT2D eigenvalue weighted by atomic mass is 32.1. The fraction of sp³-hybridized carbons (Fsp3) is 0.455. The maximum atomic E-state index is 12.0. The molecule has 94 valence electrons. The zero-order valence-electron chi connectivity index (χ0n) is 9.51. The molecule has 0 aromatic carbocycles. The Labute approximate surface area is 103 Å². The van der Waals surface area contributed by atoms with E-state index < -0.39 is 12.0 Å². The van der Waals surface area contributed by atoms with E-state index in [9.17, 15) is 9.59 Å². The lowest BCUT2D eigenvalue weighted by Crippen LogP contribution is -2.40. The highest BCUT2D eigenvalue weighted by Crippen LogP contribution is 2.13. The van der Waals surface area contributed by atoms with Crippen molar-refractivity contribution in [3.8, 4) is 0 Å². The Morgan fingerprint density at radius 2 is 2.35 bits per heavy atom. The Morgan fingerprint density at radius 3 is 2.88 bits per heavy atom. The van der Waals surface area contributed by atoms with Crippen LogP contribution in [0.15, 0.2) is 17.5 Å². The van der Waals surface area contributed by atoms with Gasteiger partial charge in [-0.15, -0.1) is 11.3 Å². The van der Waals surface area contributed by atoms with Gasteiger partial charge in [0, 0.05) is 6.54 Å². The summed E-state index contributed by atoms with van der Waals surface area (Å²) >= 11 is 1.32. The number of carbonyl (C=O) groups excluding carboxylic acids is 2. The fourth-order valence-electron chi connectivity index (χ4n) is 1.34. The number of methoxy groups -OCH3 is 1. The van der Waals surface area contributed by atoms with Crippen molar-refractivity contribution in [3.05, 3.63) is 22.4 Å². The first-order valence-electron chi connectivity index (χ1n) is 5.17. The smallest absolute Gasteiger partial charge is 0.307 e. The molecule has 2 N–H and O–H groups in total. The van der Waals surface area contributed by atoms with Gasteiger partial charge in [-0.1, -0.05) is 6.07 Å². The summed E-state index contributed by atoms with van der Waals surface area (Å²) in [5.41, 5.74) is 0. The second kappa shape index (κ2) is 7.16. The van der Waals surface area contributed by atoms with Crippen LogP contribution in [0.25, 0.3) is 0 Å². The van der Waals surface area contributed by atoms with Gasteiger partial charge in [0.05, 0.1) is 31.1 Å². The molecule has 0 spiro atoms. The number of esters is 1. The minimum absolute atomic E-state index is 0.0345. The molecule has 1 atom stereocenters. The first-order valence-corrected chi connectivity index (χ1v) is 6.05. The van der Waals surface area contributed by atoms with E-state index in [4.69, 9.17) is 5.11 Å². The van der Waals surface area contributed by atoms with Crippen LogP contribution in [0.1, 0.15) is 16.1 Å². The monoisotopic (exact) mass is 257 g/mol. The second-order valence-corrected chi connectivity index (χ2v) is 4.30. The van der Waals surface area contributed by atoms with Crippen molar-refractivity contribution in [3.63, 3.8) is 0 Å². The minimum Gasteiger partial charge on any atom is -0.469 e. The maximum absolute atomic E-state index is 12.0. The third-order valence-corrected chi connectivity index (χ3v) is 3.07. The first kappa shape index (κ1) is 13.8. The Bertz CT molecular complexity index is 364. The van der Waals surface area contributed by atoms with E-state index in [0.29, 0.717) is 4.88 Å². The molecule has 0 aliphatic heterocycles. The number of carbonyl (C=O) groups is 2. The molecule has 1 heterocycles. The molecule has 1 aromatic rings. The number of aliphatic hydroxyl groups excluding tert-OH is 1. The van der Waals surface area contributed by atoms with Crippen LogP contribution in [0.5, 0.6) is 0 Å². The van der Waals surface area contributed by atoms with Gasteiger partial charge in [-0.3, -0.25) is 9.59 Å².